The Morgan fingerprint density at radius 2 is 1.84 bits per heavy atom. The molecule has 19 heavy (non-hydrogen) atoms. The van der Waals surface area contributed by atoms with Crippen LogP contribution in [0.2, 0.25) is 0 Å². The van der Waals surface area contributed by atoms with Gasteiger partial charge in [0.2, 0.25) is 0 Å². The van der Waals surface area contributed by atoms with Crippen molar-refractivity contribution in [1.82, 2.24) is 9.88 Å². The van der Waals surface area contributed by atoms with Crippen molar-refractivity contribution in [3.05, 3.63) is 45.3 Å². The number of halogens is 1. The van der Waals surface area contributed by atoms with Crippen LogP contribution in [0.25, 0.3) is 0 Å². The summed E-state index contributed by atoms with van der Waals surface area (Å²) in [5, 5.41) is 0. The summed E-state index contributed by atoms with van der Waals surface area (Å²) in [6, 6.07) is 8.59. The molecule has 1 fully saturated rings. The standard InChI is InChI=1S/C14H16BrN3S/c15-12-1-3-13(4-2-12)18-7-5-17(6-8-18)10-14-9-16-11-19-14/h1-4,9,11H,5-8,10H2. The molecule has 0 radical (unpaired) electrons. The van der Waals surface area contributed by atoms with Crippen molar-refractivity contribution in [3.8, 4) is 0 Å². The van der Waals surface area contributed by atoms with Gasteiger partial charge in [-0.3, -0.25) is 9.88 Å². The van der Waals surface area contributed by atoms with Crippen molar-refractivity contribution in [3.63, 3.8) is 0 Å². The predicted molar refractivity (Wildman–Crippen MR) is 83.7 cm³/mol. The highest BCUT2D eigenvalue weighted by atomic mass is 79.9. The summed E-state index contributed by atoms with van der Waals surface area (Å²) >= 11 is 5.22. The summed E-state index contributed by atoms with van der Waals surface area (Å²) in [6.45, 7) is 5.47. The van der Waals surface area contributed by atoms with E-state index in [0.717, 1.165) is 37.2 Å². The molecule has 1 aromatic carbocycles. The molecule has 0 atom stereocenters. The fourth-order valence-electron chi connectivity index (χ4n) is 2.36. The summed E-state index contributed by atoms with van der Waals surface area (Å²) in [5.41, 5.74) is 3.23. The molecule has 1 aromatic heterocycles. The van der Waals surface area contributed by atoms with Crippen LogP contribution in [-0.2, 0) is 6.54 Å². The zero-order chi connectivity index (χ0) is 13.1. The first-order valence-corrected chi connectivity index (χ1v) is 8.09. The number of hydrogen-bond donors (Lipinski definition) is 0. The number of anilines is 1. The molecule has 5 heteroatoms. The first-order valence-electron chi connectivity index (χ1n) is 6.41. The van der Waals surface area contributed by atoms with Crippen LogP contribution in [0, 0.1) is 0 Å². The smallest absolute Gasteiger partial charge is 0.0794 e. The van der Waals surface area contributed by atoms with Crippen LogP contribution in [-0.4, -0.2) is 36.1 Å². The van der Waals surface area contributed by atoms with Gasteiger partial charge in [0.25, 0.3) is 0 Å². The van der Waals surface area contributed by atoms with Crippen LogP contribution in [0.1, 0.15) is 4.88 Å². The van der Waals surface area contributed by atoms with Gasteiger partial charge in [-0.15, -0.1) is 11.3 Å². The van der Waals surface area contributed by atoms with Gasteiger partial charge < -0.3 is 4.90 Å². The van der Waals surface area contributed by atoms with E-state index in [9.17, 15) is 0 Å². The second-order valence-electron chi connectivity index (χ2n) is 4.71. The first kappa shape index (κ1) is 13.1. The van der Waals surface area contributed by atoms with Gasteiger partial charge in [0, 0.05) is 54.0 Å². The molecule has 0 saturated carbocycles. The third-order valence-electron chi connectivity index (χ3n) is 3.43. The highest BCUT2D eigenvalue weighted by molar-refractivity contribution is 9.10. The summed E-state index contributed by atoms with van der Waals surface area (Å²) in [7, 11) is 0. The second kappa shape index (κ2) is 6.03. The molecule has 0 N–H and O–H groups in total. The lowest BCUT2D eigenvalue weighted by Gasteiger charge is -2.35. The summed E-state index contributed by atoms with van der Waals surface area (Å²) in [5.74, 6) is 0. The van der Waals surface area contributed by atoms with Gasteiger partial charge in [-0.2, -0.15) is 0 Å². The maximum absolute atomic E-state index is 4.14. The van der Waals surface area contributed by atoms with Crippen molar-refractivity contribution < 1.29 is 0 Å². The molecule has 0 bridgehead atoms. The van der Waals surface area contributed by atoms with Crippen molar-refractivity contribution in [2.24, 2.45) is 0 Å². The van der Waals surface area contributed by atoms with Crippen LogP contribution >= 0.6 is 27.3 Å². The van der Waals surface area contributed by atoms with E-state index >= 15 is 0 Å². The van der Waals surface area contributed by atoms with Crippen LogP contribution in [0.15, 0.2) is 40.4 Å². The van der Waals surface area contributed by atoms with Crippen LogP contribution in [0.3, 0.4) is 0 Å². The van der Waals surface area contributed by atoms with Crippen molar-refractivity contribution >= 4 is 33.0 Å². The number of piperazine rings is 1. The van der Waals surface area contributed by atoms with Gasteiger partial charge in [0.05, 0.1) is 5.51 Å². The Kier molecular flexibility index (Phi) is 4.15. The number of thiazole rings is 1. The highest BCUT2D eigenvalue weighted by Crippen LogP contribution is 2.20. The molecule has 1 aliphatic heterocycles. The molecule has 100 valence electrons. The van der Waals surface area contributed by atoms with E-state index in [2.05, 4.69) is 55.0 Å². The zero-order valence-corrected chi connectivity index (χ0v) is 13.0. The van der Waals surface area contributed by atoms with Gasteiger partial charge in [0.1, 0.15) is 0 Å². The van der Waals surface area contributed by atoms with Gasteiger partial charge in [-0.25, -0.2) is 0 Å². The lowest BCUT2D eigenvalue weighted by Crippen LogP contribution is -2.45. The molecule has 2 aromatic rings. The highest BCUT2D eigenvalue weighted by Gasteiger charge is 2.17. The number of hydrogen-bond acceptors (Lipinski definition) is 4. The van der Waals surface area contributed by atoms with E-state index in [1.165, 1.54) is 10.6 Å². The zero-order valence-electron chi connectivity index (χ0n) is 10.6. The van der Waals surface area contributed by atoms with E-state index in [-0.39, 0.29) is 0 Å². The van der Waals surface area contributed by atoms with E-state index in [0.29, 0.717) is 0 Å². The number of rotatable bonds is 3. The largest absolute Gasteiger partial charge is 0.369 e. The van der Waals surface area contributed by atoms with Crippen LogP contribution in [0.5, 0.6) is 0 Å². The summed E-state index contributed by atoms with van der Waals surface area (Å²) < 4.78 is 1.14. The predicted octanol–water partition coefficient (Wildman–Crippen LogP) is 3.23. The van der Waals surface area contributed by atoms with Gasteiger partial charge in [-0.1, -0.05) is 15.9 Å². The average Bonchev–Trinajstić information content (AvgIpc) is 2.94. The van der Waals surface area contributed by atoms with E-state index in [1.54, 1.807) is 11.3 Å². The maximum Gasteiger partial charge on any atom is 0.0794 e. The molecule has 1 saturated heterocycles. The fourth-order valence-corrected chi connectivity index (χ4v) is 3.26. The third-order valence-corrected chi connectivity index (χ3v) is 4.72. The molecule has 3 rings (SSSR count). The molecule has 0 amide bonds. The van der Waals surface area contributed by atoms with Crippen molar-refractivity contribution in [2.45, 2.75) is 6.54 Å². The van der Waals surface area contributed by atoms with Crippen LogP contribution in [0.4, 0.5) is 5.69 Å². The van der Waals surface area contributed by atoms with Crippen molar-refractivity contribution in [1.29, 1.82) is 0 Å². The third kappa shape index (κ3) is 3.35. The Bertz CT molecular complexity index is 504. The fraction of sp³-hybridized carbons (Fsp3) is 0.357. The number of benzene rings is 1. The van der Waals surface area contributed by atoms with E-state index < -0.39 is 0 Å². The minimum absolute atomic E-state index is 1.04. The Morgan fingerprint density at radius 1 is 1.11 bits per heavy atom. The lowest BCUT2D eigenvalue weighted by atomic mass is 10.2. The first-order chi connectivity index (χ1) is 9.31. The Labute approximate surface area is 126 Å². The summed E-state index contributed by atoms with van der Waals surface area (Å²) in [6.07, 6.45) is 1.98. The molecule has 0 spiro atoms. The molecular weight excluding hydrogens is 322 g/mol. The quantitative estimate of drug-likeness (QED) is 0.857. The lowest BCUT2D eigenvalue weighted by molar-refractivity contribution is 0.252. The minimum Gasteiger partial charge on any atom is -0.369 e. The van der Waals surface area contributed by atoms with Crippen molar-refractivity contribution in [2.75, 3.05) is 31.1 Å². The second-order valence-corrected chi connectivity index (χ2v) is 6.59. The molecule has 3 nitrogen and oxygen atoms in total. The molecule has 0 unspecified atom stereocenters. The Morgan fingerprint density at radius 3 is 2.47 bits per heavy atom. The van der Waals surface area contributed by atoms with Gasteiger partial charge in [0.15, 0.2) is 0 Å². The van der Waals surface area contributed by atoms with E-state index in [1.807, 2.05) is 11.7 Å². The maximum atomic E-state index is 4.14. The van der Waals surface area contributed by atoms with Crippen LogP contribution < -0.4 is 4.90 Å². The molecule has 1 aliphatic rings. The Balaban J connectivity index is 1.56. The number of aromatic nitrogens is 1. The molecule has 2 heterocycles. The minimum atomic E-state index is 1.04. The number of nitrogens with zero attached hydrogens (tertiary/aromatic N) is 3. The molecular formula is C14H16BrN3S. The van der Waals surface area contributed by atoms with Gasteiger partial charge >= 0.3 is 0 Å². The molecule has 0 aliphatic carbocycles. The average molecular weight is 338 g/mol. The van der Waals surface area contributed by atoms with E-state index in [4.69, 9.17) is 0 Å². The topological polar surface area (TPSA) is 19.4 Å². The summed E-state index contributed by atoms with van der Waals surface area (Å²) in [4.78, 5) is 10.5. The Hall–Kier alpha value is -0.910. The SMILES string of the molecule is Brc1ccc(N2CCN(Cc3cncs3)CC2)cc1. The monoisotopic (exact) mass is 337 g/mol. The normalized spacial score (nSPS) is 16.8. The van der Waals surface area contributed by atoms with Gasteiger partial charge in [-0.05, 0) is 24.3 Å².